The predicted octanol–water partition coefficient (Wildman–Crippen LogP) is 2.85. The molecular weight excluding hydrogens is 358 g/mol. The summed E-state index contributed by atoms with van der Waals surface area (Å²) in [4.78, 5) is 24.7. The minimum absolute atomic E-state index is 0.0585. The van der Waals surface area contributed by atoms with E-state index >= 15 is 0 Å². The van der Waals surface area contributed by atoms with Gasteiger partial charge >= 0.3 is 5.97 Å². The van der Waals surface area contributed by atoms with E-state index in [0.717, 1.165) is 6.42 Å². The second kappa shape index (κ2) is 4.71. The smallest absolute Gasteiger partial charge is 0.310 e. The van der Waals surface area contributed by atoms with Gasteiger partial charge in [-0.05, 0) is 24.5 Å². The lowest BCUT2D eigenvalue weighted by molar-refractivity contribution is -0.145. The molecule has 1 aliphatic heterocycles. The Bertz CT molecular complexity index is 637. The fourth-order valence-corrected chi connectivity index (χ4v) is 5.34. The summed E-state index contributed by atoms with van der Waals surface area (Å²) in [6, 6.07) is 7.11. The van der Waals surface area contributed by atoms with E-state index in [1.165, 1.54) is 0 Å². The molecule has 3 fully saturated rings. The van der Waals surface area contributed by atoms with Crippen molar-refractivity contribution in [2.45, 2.75) is 17.4 Å². The van der Waals surface area contributed by atoms with Gasteiger partial charge in [0.15, 0.2) is 0 Å². The van der Waals surface area contributed by atoms with Crippen molar-refractivity contribution in [3.8, 4) is 0 Å². The second-order valence-electron chi connectivity index (χ2n) is 5.93. The van der Waals surface area contributed by atoms with Crippen LogP contribution < -0.4 is 5.32 Å². The highest BCUT2D eigenvalue weighted by molar-refractivity contribution is 9.09. The first-order valence-electron chi connectivity index (χ1n) is 6.98. The second-order valence-corrected chi connectivity index (χ2v) is 7.39. The highest BCUT2D eigenvalue weighted by Gasteiger charge is 2.67. The number of anilines is 1. The van der Waals surface area contributed by atoms with E-state index < -0.39 is 0 Å². The van der Waals surface area contributed by atoms with Crippen molar-refractivity contribution in [1.29, 1.82) is 0 Å². The molecule has 6 heteroatoms. The highest BCUT2D eigenvalue weighted by Crippen LogP contribution is 2.60. The summed E-state index contributed by atoms with van der Waals surface area (Å²) < 4.78 is 5.41. The largest absolute Gasteiger partial charge is 0.461 e. The number of rotatable bonds is 2. The van der Waals surface area contributed by atoms with E-state index in [2.05, 4.69) is 21.2 Å². The molecule has 2 aliphatic carbocycles. The molecule has 2 bridgehead atoms. The van der Waals surface area contributed by atoms with Gasteiger partial charge in [-0.1, -0.05) is 39.7 Å². The van der Waals surface area contributed by atoms with Gasteiger partial charge < -0.3 is 10.1 Å². The number of amides is 1. The maximum absolute atomic E-state index is 12.6. The van der Waals surface area contributed by atoms with Crippen molar-refractivity contribution in [2.24, 2.45) is 23.7 Å². The molecule has 2 saturated carbocycles. The number of fused-ring (bicyclic) bond motifs is 1. The van der Waals surface area contributed by atoms with Gasteiger partial charge in [-0.3, -0.25) is 9.59 Å². The van der Waals surface area contributed by atoms with Crippen LogP contribution in [0.25, 0.3) is 0 Å². The molecule has 4 rings (SSSR count). The molecule has 0 radical (unpaired) electrons. The van der Waals surface area contributed by atoms with Gasteiger partial charge in [0.25, 0.3) is 0 Å². The Kier molecular flexibility index (Phi) is 3.05. The summed E-state index contributed by atoms with van der Waals surface area (Å²) in [7, 11) is 0. The number of hydrogen-bond donors (Lipinski definition) is 1. The maximum Gasteiger partial charge on any atom is 0.310 e. The van der Waals surface area contributed by atoms with E-state index in [1.807, 2.05) is 12.1 Å². The normalized spacial score (nSPS) is 39.4. The van der Waals surface area contributed by atoms with Gasteiger partial charge in [0, 0.05) is 5.92 Å². The highest BCUT2D eigenvalue weighted by atomic mass is 79.9. The standard InChI is InChI=1S/C15H13BrClNO3/c16-12-6-5-7-11(15(20)21-13(7)12)10(6)14(19)18-9-4-2-1-3-8(9)17/h1-4,6-7,10-13H,5H2,(H,18,19). The van der Waals surface area contributed by atoms with Crippen molar-refractivity contribution >= 4 is 45.1 Å². The SMILES string of the molecule is O=C(Nc1ccccc1Cl)C1C2CC3C(OC(=O)C31)C2Br. The number of benzene rings is 1. The number of nitrogens with one attached hydrogen (secondary N) is 1. The number of alkyl halides is 1. The summed E-state index contributed by atoms with van der Waals surface area (Å²) in [5, 5.41) is 3.36. The lowest BCUT2D eigenvalue weighted by Crippen LogP contribution is -2.40. The van der Waals surface area contributed by atoms with Crippen molar-refractivity contribution in [3.63, 3.8) is 0 Å². The molecule has 1 aromatic carbocycles. The van der Waals surface area contributed by atoms with Crippen molar-refractivity contribution in [3.05, 3.63) is 29.3 Å². The first-order valence-corrected chi connectivity index (χ1v) is 8.27. The molecule has 6 atom stereocenters. The number of carbonyl (C=O) groups excluding carboxylic acids is 2. The zero-order chi connectivity index (χ0) is 14.7. The van der Waals surface area contributed by atoms with Gasteiger partial charge in [0.05, 0.1) is 27.4 Å². The zero-order valence-corrected chi connectivity index (χ0v) is 13.3. The van der Waals surface area contributed by atoms with E-state index in [1.54, 1.807) is 12.1 Å². The Labute approximate surface area is 135 Å². The van der Waals surface area contributed by atoms with Crippen LogP contribution in [0.1, 0.15) is 6.42 Å². The summed E-state index contributed by atoms with van der Waals surface area (Å²) in [5.41, 5.74) is 0.584. The van der Waals surface area contributed by atoms with E-state index in [-0.39, 0.29) is 46.5 Å². The summed E-state index contributed by atoms with van der Waals surface area (Å²) in [5.74, 6) is -0.665. The van der Waals surface area contributed by atoms with Crippen molar-refractivity contribution < 1.29 is 14.3 Å². The first-order chi connectivity index (χ1) is 10.1. The molecule has 0 spiro atoms. The molecule has 21 heavy (non-hydrogen) atoms. The maximum atomic E-state index is 12.6. The van der Waals surface area contributed by atoms with Gasteiger partial charge in [-0.2, -0.15) is 0 Å². The first kappa shape index (κ1) is 13.6. The number of carbonyl (C=O) groups is 2. The predicted molar refractivity (Wildman–Crippen MR) is 81.3 cm³/mol. The van der Waals surface area contributed by atoms with E-state index in [4.69, 9.17) is 16.3 Å². The quantitative estimate of drug-likeness (QED) is 0.643. The lowest BCUT2D eigenvalue weighted by atomic mass is 9.79. The number of hydrogen-bond acceptors (Lipinski definition) is 3. The molecule has 0 aromatic heterocycles. The summed E-state index contributed by atoms with van der Waals surface area (Å²) in [6.07, 6.45) is 0.814. The third-order valence-electron chi connectivity index (χ3n) is 4.96. The molecule has 4 nitrogen and oxygen atoms in total. The van der Waals surface area contributed by atoms with Crippen LogP contribution in [0, 0.1) is 23.7 Å². The Morgan fingerprint density at radius 2 is 2.10 bits per heavy atom. The average molecular weight is 371 g/mol. The Morgan fingerprint density at radius 1 is 1.33 bits per heavy atom. The topological polar surface area (TPSA) is 55.4 Å². The summed E-state index contributed by atoms with van der Waals surface area (Å²) >= 11 is 9.68. The Hall–Kier alpha value is -1.07. The fourth-order valence-electron chi connectivity index (χ4n) is 4.11. The molecule has 1 aromatic rings. The van der Waals surface area contributed by atoms with Crippen LogP contribution in [0.3, 0.4) is 0 Å². The molecule has 1 amide bonds. The van der Waals surface area contributed by atoms with Gasteiger partial charge in [0.1, 0.15) is 6.10 Å². The van der Waals surface area contributed by atoms with E-state index in [0.29, 0.717) is 10.7 Å². The van der Waals surface area contributed by atoms with Gasteiger partial charge in [-0.25, -0.2) is 0 Å². The minimum atomic E-state index is -0.332. The summed E-state index contributed by atoms with van der Waals surface area (Å²) in [6.45, 7) is 0. The Morgan fingerprint density at radius 3 is 2.86 bits per heavy atom. The minimum Gasteiger partial charge on any atom is -0.461 e. The third-order valence-corrected chi connectivity index (χ3v) is 6.49. The number of halogens is 2. The molecule has 6 unspecified atom stereocenters. The van der Waals surface area contributed by atoms with Crippen LogP contribution in [0.4, 0.5) is 5.69 Å². The Balaban J connectivity index is 1.61. The van der Waals surface area contributed by atoms with Crippen LogP contribution in [0.5, 0.6) is 0 Å². The van der Waals surface area contributed by atoms with Gasteiger partial charge in [-0.15, -0.1) is 0 Å². The third kappa shape index (κ3) is 1.87. The van der Waals surface area contributed by atoms with Crippen LogP contribution in [0.15, 0.2) is 24.3 Å². The number of para-hydroxylation sites is 1. The molecule has 1 saturated heterocycles. The van der Waals surface area contributed by atoms with Crippen molar-refractivity contribution in [2.75, 3.05) is 5.32 Å². The van der Waals surface area contributed by atoms with Crippen LogP contribution in [-0.2, 0) is 14.3 Å². The molecular formula is C15H13BrClNO3. The molecule has 110 valence electrons. The average Bonchev–Trinajstić information content (AvgIpc) is 3.05. The van der Waals surface area contributed by atoms with E-state index in [9.17, 15) is 9.59 Å². The van der Waals surface area contributed by atoms with Crippen LogP contribution in [0.2, 0.25) is 5.02 Å². The lowest BCUT2D eigenvalue weighted by Gasteiger charge is -2.27. The zero-order valence-electron chi connectivity index (χ0n) is 11.0. The monoisotopic (exact) mass is 369 g/mol. The van der Waals surface area contributed by atoms with Crippen LogP contribution >= 0.6 is 27.5 Å². The van der Waals surface area contributed by atoms with Gasteiger partial charge in [0.2, 0.25) is 5.91 Å². The number of esters is 1. The van der Waals surface area contributed by atoms with Crippen LogP contribution in [-0.4, -0.2) is 22.8 Å². The molecule has 1 heterocycles. The van der Waals surface area contributed by atoms with Crippen molar-refractivity contribution in [1.82, 2.24) is 0 Å². The number of ether oxygens (including phenoxy) is 1. The molecule has 3 aliphatic rings. The fraction of sp³-hybridized carbons (Fsp3) is 0.467. The molecule has 1 N–H and O–H groups in total.